The van der Waals surface area contributed by atoms with E-state index in [1.807, 2.05) is 0 Å². The first kappa shape index (κ1) is 13.9. The largest absolute Gasteiger partial charge is 0.292 e. The lowest BCUT2D eigenvalue weighted by molar-refractivity contribution is 0.490. The minimum absolute atomic E-state index is 0.131. The minimum Gasteiger partial charge on any atom is -0.292 e. The number of imidazole rings is 1. The molecule has 0 amide bonds. The standard InChI is InChI=1S/C14H7ClF4N2/c15-6-13-20-10-4-7(16)1-2-11(10)21(13)12-5-8(17)3-9(18)14(12)19/h1-5H,6H2. The van der Waals surface area contributed by atoms with Gasteiger partial charge in [-0.05, 0) is 12.1 Å². The molecule has 0 saturated heterocycles. The van der Waals surface area contributed by atoms with Gasteiger partial charge in [0, 0.05) is 18.2 Å². The molecule has 7 heteroatoms. The smallest absolute Gasteiger partial charge is 0.183 e. The quantitative estimate of drug-likeness (QED) is 0.391. The van der Waals surface area contributed by atoms with Gasteiger partial charge < -0.3 is 0 Å². The second-order valence-corrected chi connectivity index (χ2v) is 4.62. The van der Waals surface area contributed by atoms with E-state index in [4.69, 9.17) is 11.6 Å². The van der Waals surface area contributed by atoms with Crippen LogP contribution in [0.1, 0.15) is 5.82 Å². The van der Waals surface area contributed by atoms with Crippen LogP contribution < -0.4 is 0 Å². The van der Waals surface area contributed by atoms with E-state index in [9.17, 15) is 17.6 Å². The summed E-state index contributed by atoms with van der Waals surface area (Å²) in [6.45, 7) is 0. The van der Waals surface area contributed by atoms with Crippen molar-refractivity contribution < 1.29 is 17.6 Å². The number of aromatic nitrogens is 2. The Balaban J connectivity index is 2.39. The molecule has 0 aliphatic heterocycles. The predicted molar refractivity (Wildman–Crippen MR) is 70.5 cm³/mol. The molecule has 0 atom stereocenters. The predicted octanol–water partition coefficient (Wildman–Crippen LogP) is 4.32. The molecule has 3 aromatic rings. The van der Waals surface area contributed by atoms with E-state index < -0.39 is 23.3 Å². The fourth-order valence-corrected chi connectivity index (χ4v) is 2.35. The molecule has 1 aromatic heterocycles. The van der Waals surface area contributed by atoms with Crippen molar-refractivity contribution in [2.24, 2.45) is 0 Å². The molecule has 21 heavy (non-hydrogen) atoms. The maximum atomic E-state index is 14.0. The first-order valence-electron chi connectivity index (χ1n) is 5.89. The normalized spacial score (nSPS) is 11.3. The average molecular weight is 315 g/mol. The molecule has 2 nitrogen and oxygen atoms in total. The minimum atomic E-state index is -1.32. The molecule has 108 valence electrons. The van der Waals surface area contributed by atoms with Gasteiger partial charge in [0.15, 0.2) is 11.6 Å². The molecule has 0 aliphatic carbocycles. The molecule has 3 rings (SSSR count). The lowest BCUT2D eigenvalue weighted by atomic mass is 10.2. The summed E-state index contributed by atoms with van der Waals surface area (Å²) < 4.78 is 55.1. The van der Waals surface area contributed by atoms with Gasteiger partial charge in [-0.25, -0.2) is 22.5 Å². The highest BCUT2D eigenvalue weighted by Gasteiger charge is 2.19. The zero-order valence-corrected chi connectivity index (χ0v) is 11.1. The van der Waals surface area contributed by atoms with Crippen LogP contribution in [0.25, 0.3) is 16.7 Å². The van der Waals surface area contributed by atoms with Crippen LogP contribution in [0.2, 0.25) is 0 Å². The lowest BCUT2D eigenvalue weighted by Gasteiger charge is -2.09. The topological polar surface area (TPSA) is 17.8 Å². The summed E-state index contributed by atoms with van der Waals surface area (Å²) in [5.74, 6) is -4.00. The number of benzene rings is 2. The van der Waals surface area contributed by atoms with Crippen molar-refractivity contribution >= 4 is 22.6 Å². The number of nitrogens with zero attached hydrogens (tertiary/aromatic N) is 2. The molecule has 0 N–H and O–H groups in total. The average Bonchev–Trinajstić information content (AvgIpc) is 2.80. The second-order valence-electron chi connectivity index (χ2n) is 4.35. The Kier molecular flexibility index (Phi) is 3.33. The molecular weight excluding hydrogens is 308 g/mol. The fourth-order valence-electron chi connectivity index (χ4n) is 2.17. The zero-order chi connectivity index (χ0) is 15.1. The number of alkyl halides is 1. The van der Waals surface area contributed by atoms with Crippen molar-refractivity contribution in [3.8, 4) is 5.69 Å². The van der Waals surface area contributed by atoms with Gasteiger partial charge >= 0.3 is 0 Å². The Bertz CT molecular complexity index is 845. The molecule has 1 heterocycles. The van der Waals surface area contributed by atoms with Crippen LogP contribution in [0.5, 0.6) is 0 Å². The third-order valence-corrected chi connectivity index (χ3v) is 3.26. The molecule has 0 spiro atoms. The number of hydrogen-bond donors (Lipinski definition) is 0. The molecule has 0 bridgehead atoms. The van der Waals surface area contributed by atoms with Gasteiger partial charge in [-0.3, -0.25) is 4.57 Å². The molecule has 0 fully saturated rings. The molecule has 0 saturated carbocycles. The molecular formula is C14H7ClF4N2. The lowest BCUT2D eigenvalue weighted by Crippen LogP contribution is -2.04. The van der Waals surface area contributed by atoms with E-state index in [1.165, 1.54) is 10.6 Å². The van der Waals surface area contributed by atoms with Gasteiger partial charge in [0.2, 0.25) is 0 Å². The summed E-state index contributed by atoms with van der Waals surface area (Å²) in [5.41, 5.74) is 0.155. The van der Waals surface area contributed by atoms with Crippen molar-refractivity contribution in [3.05, 3.63) is 59.4 Å². The van der Waals surface area contributed by atoms with Crippen LogP contribution in [0.15, 0.2) is 30.3 Å². The Morgan fingerprint density at radius 2 is 1.76 bits per heavy atom. The Morgan fingerprint density at radius 3 is 2.48 bits per heavy atom. The van der Waals surface area contributed by atoms with Crippen LogP contribution in [-0.2, 0) is 5.88 Å². The highest BCUT2D eigenvalue weighted by Crippen LogP contribution is 2.26. The SMILES string of the molecule is Fc1cc(F)c(F)c(-n2c(CCl)nc3cc(F)ccc32)c1. The van der Waals surface area contributed by atoms with Crippen LogP contribution in [0, 0.1) is 23.3 Å². The van der Waals surface area contributed by atoms with Gasteiger partial charge in [-0.2, -0.15) is 0 Å². The molecule has 0 radical (unpaired) electrons. The molecule has 0 unspecified atom stereocenters. The summed E-state index contributed by atoms with van der Waals surface area (Å²) in [7, 11) is 0. The van der Waals surface area contributed by atoms with Crippen LogP contribution in [-0.4, -0.2) is 9.55 Å². The fraction of sp³-hybridized carbons (Fsp3) is 0.0714. The van der Waals surface area contributed by atoms with Gasteiger partial charge in [-0.15, -0.1) is 11.6 Å². The van der Waals surface area contributed by atoms with Crippen molar-refractivity contribution in [3.63, 3.8) is 0 Å². The van der Waals surface area contributed by atoms with Crippen molar-refractivity contribution in [1.82, 2.24) is 9.55 Å². The van der Waals surface area contributed by atoms with Crippen LogP contribution in [0.3, 0.4) is 0 Å². The van der Waals surface area contributed by atoms with E-state index in [0.717, 1.165) is 18.2 Å². The van der Waals surface area contributed by atoms with Crippen LogP contribution >= 0.6 is 11.6 Å². The summed E-state index contributed by atoms with van der Waals surface area (Å²) >= 11 is 5.74. The van der Waals surface area contributed by atoms with E-state index in [0.29, 0.717) is 11.6 Å². The third kappa shape index (κ3) is 2.25. The highest BCUT2D eigenvalue weighted by molar-refractivity contribution is 6.17. The number of halogens is 5. The van der Waals surface area contributed by atoms with Gasteiger partial charge in [0.05, 0.1) is 22.6 Å². The highest BCUT2D eigenvalue weighted by atomic mass is 35.5. The van der Waals surface area contributed by atoms with E-state index in [2.05, 4.69) is 4.98 Å². The molecule has 0 aliphatic rings. The Morgan fingerprint density at radius 1 is 1.00 bits per heavy atom. The Hall–Kier alpha value is -2.08. The number of fused-ring (bicyclic) bond motifs is 1. The van der Waals surface area contributed by atoms with E-state index >= 15 is 0 Å². The van der Waals surface area contributed by atoms with Gasteiger partial charge in [-0.1, -0.05) is 0 Å². The number of rotatable bonds is 2. The first-order valence-corrected chi connectivity index (χ1v) is 6.42. The van der Waals surface area contributed by atoms with Crippen molar-refractivity contribution in [2.45, 2.75) is 5.88 Å². The van der Waals surface area contributed by atoms with Gasteiger partial charge in [0.25, 0.3) is 0 Å². The summed E-state index contributed by atoms with van der Waals surface area (Å²) in [6, 6.07) is 4.90. The van der Waals surface area contributed by atoms with E-state index in [-0.39, 0.29) is 22.9 Å². The summed E-state index contributed by atoms with van der Waals surface area (Å²) in [6.07, 6.45) is 0. The monoisotopic (exact) mass is 314 g/mol. The van der Waals surface area contributed by atoms with Gasteiger partial charge in [0.1, 0.15) is 17.5 Å². The maximum Gasteiger partial charge on any atom is 0.183 e. The van der Waals surface area contributed by atoms with E-state index in [1.54, 1.807) is 0 Å². The van der Waals surface area contributed by atoms with Crippen LogP contribution in [0.4, 0.5) is 17.6 Å². The maximum absolute atomic E-state index is 14.0. The molecule has 2 aromatic carbocycles. The second kappa shape index (κ2) is 5.04. The Labute approximate surface area is 121 Å². The third-order valence-electron chi connectivity index (χ3n) is 3.02. The zero-order valence-electron chi connectivity index (χ0n) is 10.4. The first-order chi connectivity index (χ1) is 10.0. The summed E-state index contributed by atoms with van der Waals surface area (Å²) in [5, 5.41) is 0. The van der Waals surface area contributed by atoms with Crippen molar-refractivity contribution in [1.29, 1.82) is 0 Å². The summed E-state index contributed by atoms with van der Waals surface area (Å²) in [4.78, 5) is 4.05. The van der Waals surface area contributed by atoms with Crippen molar-refractivity contribution in [2.75, 3.05) is 0 Å². The number of hydrogen-bond acceptors (Lipinski definition) is 1.